The maximum Gasteiger partial charge on any atom is 0.312 e. The number of carbonyl (C=O) groups is 2. The standard InChI is InChI=1S/C15H21NO5/c1-20-9-10-21-8-7-14(17)16-11-13(15(18)19)12-5-3-2-4-6-12/h2-6,13H,7-11H2,1H3,(H,16,17)(H,18,19). The first-order valence-corrected chi connectivity index (χ1v) is 6.76. The van der Waals surface area contributed by atoms with E-state index < -0.39 is 11.9 Å². The summed E-state index contributed by atoms with van der Waals surface area (Å²) < 4.78 is 9.99. The van der Waals surface area contributed by atoms with Crippen LogP contribution in [0.5, 0.6) is 0 Å². The topological polar surface area (TPSA) is 84.9 Å². The predicted molar refractivity (Wildman–Crippen MR) is 77.1 cm³/mol. The molecule has 21 heavy (non-hydrogen) atoms. The summed E-state index contributed by atoms with van der Waals surface area (Å²) in [7, 11) is 1.58. The maximum absolute atomic E-state index is 11.6. The highest BCUT2D eigenvalue weighted by Gasteiger charge is 2.20. The second-order valence-corrected chi connectivity index (χ2v) is 4.46. The van der Waals surface area contributed by atoms with Gasteiger partial charge >= 0.3 is 5.97 Å². The van der Waals surface area contributed by atoms with E-state index in [1.165, 1.54) is 0 Å². The summed E-state index contributed by atoms with van der Waals surface area (Å²) in [4.78, 5) is 22.9. The van der Waals surface area contributed by atoms with E-state index in [1.807, 2.05) is 6.07 Å². The van der Waals surface area contributed by atoms with Crippen LogP contribution in [0.15, 0.2) is 30.3 Å². The zero-order valence-corrected chi connectivity index (χ0v) is 12.1. The lowest BCUT2D eigenvalue weighted by Gasteiger charge is -2.13. The smallest absolute Gasteiger partial charge is 0.312 e. The van der Waals surface area contributed by atoms with E-state index in [4.69, 9.17) is 9.47 Å². The van der Waals surface area contributed by atoms with Crippen LogP contribution in [0.25, 0.3) is 0 Å². The number of aliphatic carboxylic acids is 1. The Balaban J connectivity index is 2.34. The van der Waals surface area contributed by atoms with Crippen LogP contribution in [0, 0.1) is 0 Å². The first-order valence-electron chi connectivity index (χ1n) is 6.76. The van der Waals surface area contributed by atoms with Crippen LogP contribution in [0.1, 0.15) is 17.9 Å². The number of hydrogen-bond donors (Lipinski definition) is 2. The van der Waals surface area contributed by atoms with Gasteiger partial charge in [0.25, 0.3) is 0 Å². The Kier molecular flexibility index (Phi) is 8.08. The van der Waals surface area contributed by atoms with Gasteiger partial charge in [-0.3, -0.25) is 9.59 Å². The molecule has 0 aromatic heterocycles. The fraction of sp³-hybridized carbons (Fsp3) is 0.467. The van der Waals surface area contributed by atoms with E-state index in [2.05, 4.69) is 5.32 Å². The van der Waals surface area contributed by atoms with E-state index in [9.17, 15) is 14.7 Å². The number of rotatable bonds is 10. The van der Waals surface area contributed by atoms with Gasteiger partial charge in [0.2, 0.25) is 5.91 Å². The number of carboxylic acid groups (broad SMARTS) is 1. The molecule has 6 heteroatoms. The van der Waals surface area contributed by atoms with E-state index in [1.54, 1.807) is 31.4 Å². The molecule has 0 aliphatic carbocycles. The van der Waals surface area contributed by atoms with E-state index >= 15 is 0 Å². The Morgan fingerprint density at radius 2 is 1.90 bits per heavy atom. The highest BCUT2D eigenvalue weighted by atomic mass is 16.5. The fourth-order valence-corrected chi connectivity index (χ4v) is 1.75. The molecule has 0 saturated heterocycles. The number of carboxylic acids is 1. The average Bonchev–Trinajstić information content (AvgIpc) is 2.48. The van der Waals surface area contributed by atoms with Crippen molar-refractivity contribution >= 4 is 11.9 Å². The zero-order valence-electron chi connectivity index (χ0n) is 12.1. The van der Waals surface area contributed by atoms with Crippen molar-refractivity contribution in [3.8, 4) is 0 Å². The number of methoxy groups -OCH3 is 1. The third kappa shape index (κ3) is 6.87. The molecule has 6 nitrogen and oxygen atoms in total. The van der Waals surface area contributed by atoms with Crippen LogP contribution in [0.4, 0.5) is 0 Å². The molecule has 1 atom stereocenters. The van der Waals surface area contributed by atoms with Gasteiger partial charge < -0.3 is 19.9 Å². The van der Waals surface area contributed by atoms with Crippen molar-refractivity contribution in [1.29, 1.82) is 0 Å². The predicted octanol–water partition coefficient (Wildman–Crippen LogP) is 1.02. The third-order valence-electron chi connectivity index (χ3n) is 2.91. The minimum absolute atomic E-state index is 0.0657. The molecule has 0 heterocycles. The summed E-state index contributed by atoms with van der Waals surface area (Å²) >= 11 is 0. The lowest BCUT2D eigenvalue weighted by molar-refractivity contribution is -0.138. The van der Waals surface area contributed by atoms with Gasteiger partial charge in [0.15, 0.2) is 0 Å². The van der Waals surface area contributed by atoms with Gasteiger partial charge in [0.05, 0.1) is 25.7 Å². The number of benzene rings is 1. The first-order chi connectivity index (χ1) is 10.1. The lowest BCUT2D eigenvalue weighted by Crippen LogP contribution is -2.32. The van der Waals surface area contributed by atoms with Gasteiger partial charge in [0, 0.05) is 20.1 Å². The molecule has 1 rings (SSSR count). The molecule has 0 fully saturated rings. The van der Waals surface area contributed by atoms with Crippen molar-refractivity contribution in [2.75, 3.05) is 33.5 Å². The summed E-state index contributed by atoms with van der Waals surface area (Å²) in [6, 6.07) is 8.84. The Bertz CT molecular complexity index is 435. The van der Waals surface area contributed by atoms with Gasteiger partial charge in [-0.25, -0.2) is 0 Å². The molecule has 1 aromatic carbocycles. The maximum atomic E-state index is 11.6. The third-order valence-corrected chi connectivity index (χ3v) is 2.91. The Hall–Kier alpha value is -1.92. The highest BCUT2D eigenvalue weighted by molar-refractivity contribution is 5.79. The highest BCUT2D eigenvalue weighted by Crippen LogP contribution is 2.14. The van der Waals surface area contributed by atoms with Gasteiger partial charge in [-0.05, 0) is 5.56 Å². The zero-order chi connectivity index (χ0) is 15.5. The fourth-order valence-electron chi connectivity index (χ4n) is 1.75. The molecule has 1 unspecified atom stereocenters. The van der Waals surface area contributed by atoms with E-state index in [0.29, 0.717) is 18.8 Å². The summed E-state index contributed by atoms with van der Waals surface area (Å²) in [5.74, 6) is -1.93. The number of carbonyl (C=O) groups excluding carboxylic acids is 1. The van der Waals surface area contributed by atoms with Crippen molar-refractivity contribution in [1.82, 2.24) is 5.32 Å². The SMILES string of the molecule is COCCOCCC(=O)NCC(C(=O)O)c1ccccc1. The molecule has 116 valence electrons. The van der Waals surface area contributed by atoms with Gasteiger partial charge in [-0.15, -0.1) is 0 Å². The van der Waals surface area contributed by atoms with E-state index in [0.717, 1.165) is 0 Å². The van der Waals surface area contributed by atoms with E-state index in [-0.39, 0.29) is 25.5 Å². The average molecular weight is 295 g/mol. The molecule has 0 aliphatic rings. The molecule has 1 aromatic rings. The van der Waals surface area contributed by atoms with Gasteiger partial charge in [0.1, 0.15) is 0 Å². The van der Waals surface area contributed by atoms with Crippen LogP contribution < -0.4 is 5.32 Å². The molecule has 1 amide bonds. The van der Waals surface area contributed by atoms with Crippen LogP contribution in [0.3, 0.4) is 0 Å². The van der Waals surface area contributed by atoms with Crippen LogP contribution >= 0.6 is 0 Å². The van der Waals surface area contributed by atoms with Crippen molar-refractivity contribution < 1.29 is 24.2 Å². The number of amides is 1. The quantitative estimate of drug-likeness (QED) is 0.630. The van der Waals surface area contributed by atoms with Crippen LogP contribution in [-0.2, 0) is 19.1 Å². The van der Waals surface area contributed by atoms with Crippen molar-refractivity contribution in [2.24, 2.45) is 0 Å². The molecule has 0 saturated carbocycles. The summed E-state index contributed by atoms with van der Waals surface area (Å²) in [5, 5.41) is 11.8. The Labute approximate surface area is 124 Å². The minimum Gasteiger partial charge on any atom is -0.481 e. The molecular weight excluding hydrogens is 274 g/mol. The number of nitrogens with one attached hydrogen (secondary N) is 1. The molecule has 0 bridgehead atoms. The number of ether oxygens (including phenoxy) is 2. The Morgan fingerprint density at radius 3 is 2.52 bits per heavy atom. The minimum atomic E-state index is -0.960. The van der Waals surface area contributed by atoms with Crippen molar-refractivity contribution in [3.05, 3.63) is 35.9 Å². The van der Waals surface area contributed by atoms with Crippen LogP contribution in [0.2, 0.25) is 0 Å². The molecule has 0 spiro atoms. The lowest BCUT2D eigenvalue weighted by atomic mass is 9.99. The normalized spacial score (nSPS) is 11.9. The second kappa shape index (κ2) is 9.90. The Morgan fingerprint density at radius 1 is 1.19 bits per heavy atom. The summed E-state index contributed by atoms with van der Waals surface area (Å²) in [6.07, 6.45) is 0.199. The summed E-state index contributed by atoms with van der Waals surface area (Å²) in [5.41, 5.74) is 0.668. The van der Waals surface area contributed by atoms with Crippen molar-refractivity contribution in [2.45, 2.75) is 12.3 Å². The summed E-state index contributed by atoms with van der Waals surface area (Å²) in [6.45, 7) is 1.27. The molecular formula is C15H21NO5. The largest absolute Gasteiger partial charge is 0.481 e. The van der Waals surface area contributed by atoms with Gasteiger partial charge in [-0.1, -0.05) is 30.3 Å². The molecule has 2 N–H and O–H groups in total. The van der Waals surface area contributed by atoms with Crippen molar-refractivity contribution in [3.63, 3.8) is 0 Å². The molecule has 0 aliphatic heterocycles. The molecule has 0 radical (unpaired) electrons. The second-order valence-electron chi connectivity index (χ2n) is 4.46. The first kappa shape index (κ1) is 17.1. The van der Waals surface area contributed by atoms with Crippen LogP contribution in [-0.4, -0.2) is 50.5 Å². The van der Waals surface area contributed by atoms with Gasteiger partial charge in [-0.2, -0.15) is 0 Å². The number of hydrogen-bond acceptors (Lipinski definition) is 4. The monoisotopic (exact) mass is 295 g/mol.